The first-order chi connectivity index (χ1) is 51.1. The van der Waals surface area contributed by atoms with Crippen molar-refractivity contribution in [2.24, 2.45) is 0 Å². The molecular formula is C98H71BrN6. The molecular weight excluding hydrogens is 1340 g/mol. The van der Waals surface area contributed by atoms with Gasteiger partial charge in [-0.15, -0.1) is 0 Å². The predicted molar refractivity (Wildman–Crippen MR) is 452 cm³/mol. The van der Waals surface area contributed by atoms with Crippen LogP contribution >= 0.6 is 15.9 Å². The van der Waals surface area contributed by atoms with Crippen LogP contribution in [-0.2, 0) is 0 Å². The highest BCUT2D eigenvalue weighted by atomic mass is 79.9. The third-order valence-electron chi connectivity index (χ3n) is 20.8. The van der Waals surface area contributed by atoms with E-state index in [1.165, 1.54) is 176 Å². The molecule has 105 heavy (non-hydrogen) atoms. The second kappa shape index (κ2) is 26.3. The summed E-state index contributed by atoms with van der Waals surface area (Å²) in [6.45, 7) is 0. The van der Waals surface area contributed by atoms with Crippen molar-refractivity contribution in [3.8, 4) is 50.7 Å². The fraction of sp³-hybridized carbons (Fsp3) is 0.0204. The van der Waals surface area contributed by atoms with Crippen molar-refractivity contribution >= 4 is 147 Å². The van der Waals surface area contributed by atoms with Crippen molar-refractivity contribution in [1.29, 1.82) is 0 Å². The number of halogens is 1. The van der Waals surface area contributed by atoms with Gasteiger partial charge in [0.25, 0.3) is 0 Å². The third kappa shape index (κ3) is 10.5. The van der Waals surface area contributed by atoms with Gasteiger partial charge in [-0.2, -0.15) is 0 Å². The normalized spacial score (nSPS) is 11.5. The molecule has 1 N–H and O–H groups in total. The van der Waals surface area contributed by atoms with Gasteiger partial charge in [0.05, 0.1) is 55.2 Å². The smallest absolute Gasteiger partial charge is 0.0548 e. The Bertz CT molecular complexity index is 7020. The van der Waals surface area contributed by atoms with Gasteiger partial charge in [0.1, 0.15) is 0 Å². The Balaban J connectivity index is 0.000000122. The molecule has 6 aromatic heterocycles. The fourth-order valence-electron chi connectivity index (χ4n) is 16.4. The molecule has 0 fully saturated rings. The molecule has 0 aliphatic heterocycles. The Morgan fingerprint density at radius 1 is 0.181 bits per heavy atom. The number of nitrogens with one attached hydrogen (secondary N) is 1. The quantitative estimate of drug-likeness (QED) is 0.165. The molecule has 500 valence electrons. The number of aromatic nitrogens is 6. The number of benzene rings is 16. The largest absolute Gasteiger partial charge is 0.354 e. The highest BCUT2D eigenvalue weighted by Gasteiger charge is 2.23. The standard InChI is InChI=1S/C48H31N3.C24H16BrN.C24H16N2.2CH4/c1-3-13-34(14-4-1)49-41-20-10-7-17-37(41)40-31-33(25-28-44(40)49)32-23-26-36(27-24-32)51-43-22-12-9-19-39(43)48-46(51)30-29-45-47(48)38-18-8-11-21-42(38)50(45)35-15-5-2-6-16-35;25-19-13-10-17(11-14-19)18-12-15-24-22(16-18)21-8-4-5-9-23(21)26(24)20-6-2-1-3-7-20;1-2-8-16(9-3-1)26-21-13-7-5-11-18(21)24-22(26)15-14-20-23(24)17-10-4-6-12-19(17)25-20;;/h1-31H;1-16H;1-15,25H;2*1H4. The number of fused-ring (bicyclic) bond motifs is 20. The summed E-state index contributed by atoms with van der Waals surface area (Å²) in [5.74, 6) is 0. The summed E-state index contributed by atoms with van der Waals surface area (Å²) >= 11 is 3.52. The average molecular weight is 1410 g/mol. The molecule has 0 amide bonds. The maximum atomic E-state index is 3.57. The summed E-state index contributed by atoms with van der Waals surface area (Å²) < 4.78 is 13.0. The van der Waals surface area contributed by atoms with Crippen LogP contribution < -0.4 is 0 Å². The van der Waals surface area contributed by atoms with Gasteiger partial charge in [-0.05, 0) is 180 Å². The second-order valence-corrected chi connectivity index (χ2v) is 27.4. The van der Waals surface area contributed by atoms with E-state index in [0.29, 0.717) is 0 Å². The maximum Gasteiger partial charge on any atom is 0.0548 e. The van der Waals surface area contributed by atoms with Crippen molar-refractivity contribution in [3.05, 3.63) is 381 Å². The Labute approximate surface area is 616 Å². The first-order valence-electron chi connectivity index (χ1n) is 35.1. The van der Waals surface area contributed by atoms with Gasteiger partial charge in [-0.25, -0.2) is 0 Å². The maximum absolute atomic E-state index is 3.57. The van der Waals surface area contributed by atoms with E-state index in [-0.39, 0.29) is 14.9 Å². The molecule has 0 radical (unpaired) electrons. The molecule has 6 heterocycles. The van der Waals surface area contributed by atoms with Crippen molar-refractivity contribution in [3.63, 3.8) is 0 Å². The lowest BCUT2D eigenvalue weighted by Gasteiger charge is -2.11. The predicted octanol–water partition coefficient (Wildman–Crippen LogP) is 27.5. The lowest BCUT2D eigenvalue weighted by atomic mass is 10.0. The minimum absolute atomic E-state index is 0. The van der Waals surface area contributed by atoms with E-state index in [1.807, 2.05) is 0 Å². The summed E-state index contributed by atoms with van der Waals surface area (Å²) in [6.07, 6.45) is 0. The molecule has 7 heteroatoms. The van der Waals surface area contributed by atoms with Crippen LogP contribution in [-0.4, -0.2) is 27.8 Å². The summed E-state index contributed by atoms with van der Waals surface area (Å²) in [7, 11) is 0. The van der Waals surface area contributed by atoms with E-state index in [2.05, 4.69) is 420 Å². The first-order valence-corrected chi connectivity index (χ1v) is 35.9. The summed E-state index contributed by atoms with van der Waals surface area (Å²) in [6, 6.07) is 135. The van der Waals surface area contributed by atoms with Crippen LogP contribution in [0.25, 0.3) is 182 Å². The van der Waals surface area contributed by atoms with Crippen molar-refractivity contribution < 1.29 is 0 Å². The number of para-hydroxylation sites is 10. The van der Waals surface area contributed by atoms with Crippen LogP contribution in [0.5, 0.6) is 0 Å². The van der Waals surface area contributed by atoms with E-state index in [0.717, 1.165) is 10.2 Å². The van der Waals surface area contributed by atoms with E-state index in [4.69, 9.17) is 0 Å². The van der Waals surface area contributed by atoms with Gasteiger partial charge in [0, 0.05) is 109 Å². The molecule has 0 bridgehead atoms. The second-order valence-electron chi connectivity index (χ2n) is 26.5. The minimum Gasteiger partial charge on any atom is -0.354 e. The lowest BCUT2D eigenvalue weighted by molar-refractivity contribution is 1.17. The third-order valence-corrected chi connectivity index (χ3v) is 21.3. The number of hydrogen-bond donors (Lipinski definition) is 1. The molecule has 22 aromatic rings. The van der Waals surface area contributed by atoms with Gasteiger partial charge in [-0.1, -0.05) is 249 Å². The summed E-state index contributed by atoms with van der Waals surface area (Å²) in [5, 5.41) is 15.4. The zero-order valence-electron chi connectivity index (χ0n) is 55.9. The molecule has 16 aromatic carbocycles. The Morgan fingerprint density at radius 2 is 0.448 bits per heavy atom. The molecule has 22 rings (SSSR count). The topological polar surface area (TPSA) is 40.4 Å². The Hall–Kier alpha value is -13.2. The van der Waals surface area contributed by atoms with E-state index in [9.17, 15) is 0 Å². The number of H-pyrrole nitrogens is 1. The molecule has 0 aliphatic carbocycles. The van der Waals surface area contributed by atoms with E-state index in [1.54, 1.807) is 0 Å². The Morgan fingerprint density at radius 3 is 0.848 bits per heavy atom. The molecule has 0 atom stereocenters. The van der Waals surface area contributed by atoms with Crippen LogP contribution in [0.2, 0.25) is 0 Å². The van der Waals surface area contributed by atoms with Gasteiger partial charge >= 0.3 is 0 Å². The highest BCUT2D eigenvalue weighted by Crippen LogP contribution is 2.45. The SMILES string of the molecule is Brc1ccc(-c2ccc3c(c2)c2ccccc2n3-c2ccccc2)cc1.C.C.c1ccc(-n2c3ccccc3c3c4c(ccc32)[nH]c2ccccc24)cc1.c1ccc(-n2c3ccccc3c3cc(-c4ccc(-n5c6ccccc6c6c7c8ccccc8n(-c8ccccc8)c7ccc65)cc4)ccc32)cc1. The molecule has 0 saturated carbocycles. The summed E-state index contributed by atoms with van der Waals surface area (Å²) in [4.78, 5) is 3.57. The van der Waals surface area contributed by atoms with Crippen molar-refractivity contribution in [1.82, 2.24) is 27.8 Å². The zero-order chi connectivity index (χ0) is 68.1. The first kappa shape index (κ1) is 63.9. The summed E-state index contributed by atoms with van der Waals surface area (Å²) in [5.41, 5.74) is 25.4. The highest BCUT2D eigenvalue weighted by molar-refractivity contribution is 9.10. The van der Waals surface area contributed by atoms with Crippen LogP contribution in [0.15, 0.2) is 381 Å². The number of hydrogen-bond acceptors (Lipinski definition) is 0. The minimum atomic E-state index is 0. The van der Waals surface area contributed by atoms with Crippen LogP contribution in [0, 0.1) is 0 Å². The number of aromatic amines is 1. The van der Waals surface area contributed by atoms with Crippen LogP contribution in [0.1, 0.15) is 14.9 Å². The van der Waals surface area contributed by atoms with Gasteiger partial charge in [0.2, 0.25) is 0 Å². The van der Waals surface area contributed by atoms with Crippen LogP contribution in [0.4, 0.5) is 0 Å². The zero-order valence-corrected chi connectivity index (χ0v) is 57.5. The molecule has 0 aliphatic rings. The lowest BCUT2D eigenvalue weighted by Crippen LogP contribution is -1.95. The molecule has 0 unspecified atom stereocenters. The Kier molecular flexibility index (Phi) is 16.0. The van der Waals surface area contributed by atoms with Gasteiger partial charge < -0.3 is 27.8 Å². The van der Waals surface area contributed by atoms with Crippen LogP contribution in [0.3, 0.4) is 0 Å². The van der Waals surface area contributed by atoms with Gasteiger partial charge in [0.15, 0.2) is 0 Å². The fourth-order valence-corrected chi connectivity index (χ4v) is 16.6. The molecule has 0 saturated heterocycles. The van der Waals surface area contributed by atoms with Crippen molar-refractivity contribution in [2.45, 2.75) is 14.9 Å². The van der Waals surface area contributed by atoms with Crippen molar-refractivity contribution in [2.75, 3.05) is 0 Å². The number of rotatable bonds is 7. The van der Waals surface area contributed by atoms with E-state index < -0.39 is 0 Å². The van der Waals surface area contributed by atoms with E-state index >= 15 is 0 Å². The molecule has 6 nitrogen and oxygen atoms in total. The molecule has 0 spiro atoms. The average Bonchev–Trinajstić information content (AvgIpc) is 1.55. The number of nitrogens with zero attached hydrogens (tertiary/aromatic N) is 5. The monoisotopic (exact) mass is 1410 g/mol. The van der Waals surface area contributed by atoms with Gasteiger partial charge in [-0.3, -0.25) is 0 Å².